The highest BCUT2D eigenvalue weighted by molar-refractivity contribution is 8.00. The molecule has 1 unspecified atom stereocenters. The van der Waals surface area contributed by atoms with Crippen LogP contribution in [-0.4, -0.2) is 45.8 Å². The Morgan fingerprint density at radius 3 is 2.47 bits per heavy atom. The van der Waals surface area contributed by atoms with Crippen LogP contribution < -0.4 is 0 Å². The van der Waals surface area contributed by atoms with E-state index in [9.17, 15) is 13.7 Å². The molecule has 3 aromatic rings. The Kier molecular flexibility index (Phi) is 8.07. The van der Waals surface area contributed by atoms with Gasteiger partial charge in [0.1, 0.15) is 0 Å². The quantitative estimate of drug-likeness (QED) is 0.413. The normalized spacial score (nSPS) is 12.6. The van der Waals surface area contributed by atoms with Crippen molar-refractivity contribution in [1.29, 1.82) is 5.26 Å². The lowest BCUT2D eigenvalue weighted by atomic mass is 10.1. The van der Waals surface area contributed by atoms with Crippen molar-refractivity contribution in [3.8, 4) is 17.5 Å². The van der Waals surface area contributed by atoms with E-state index >= 15 is 0 Å². The van der Waals surface area contributed by atoms with Crippen molar-refractivity contribution in [3.63, 3.8) is 0 Å². The zero-order valence-corrected chi connectivity index (χ0v) is 20.1. The lowest BCUT2D eigenvalue weighted by molar-refractivity contribution is 0.445. The third-order valence-corrected chi connectivity index (χ3v) is 8.10. The van der Waals surface area contributed by atoms with Gasteiger partial charge < -0.3 is 4.57 Å². The molecule has 168 valence electrons. The SMILES string of the molecule is CCN(CC)S(=O)(=O)c1cccc(-c2nnc(SC(C)C#N)n2CCc2ccccc2)c1. The van der Waals surface area contributed by atoms with E-state index in [1.807, 2.05) is 49.6 Å². The first-order valence-corrected chi connectivity index (χ1v) is 12.9. The molecule has 0 bridgehead atoms. The topological polar surface area (TPSA) is 91.9 Å². The molecule has 1 heterocycles. The van der Waals surface area contributed by atoms with Crippen LogP contribution >= 0.6 is 11.8 Å². The molecule has 1 aromatic heterocycles. The molecule has 0 amide bonds. The number of aromatic nitrogens is 3. The van der Waals surface area contributed by atoms with Crippen LogP contribution in [0.1, 0.15) is 26.3 Å². The van der Waals surface area contributed by atoms with Crippen molar-refractivity contribution in [2.75, 3.05) is 13.1 Å². The Bertz CT molecular complexity index is 1180. The standard InChI is InChI=1S/C23H27N5O2S2/c1-4-27(5-2)32(29,30)21-13-9-12-20(16-21)22-25-26-23(31-18(3)17-24)28(22)15-14-19-10-7-6-8-11-19/h6-13,16,18H,4-5,14-15H2,1-3H3. The zero-order chi connectivity index (χ0) is 23.1. The van der Waals surface area contributed by atoms with Gasteiger partial charge in [0.2, 0.25) is 10.0 Å². The summed E-state index contributed by atoms with van der Waals surface area (Å²) in [6.07, 6.45) is 0.762. The number of hydrogen-bond acceptors (Lipinski definition) is 6. The Labute approximate surface area is 194 Å². The van der Waals surface area contributed by atoms with Crippen LogP contribution in [0, 0.1) is 11.3 Å². The molecule has 0 radical (unpaired) electrons. The van der Waals surface area contributed by atoms with Crippen LogP contribution in [0.4, 0.5) is 0 Å². The van der Waals surface area contributed by atoms with E-state index < -0.39 is 10.0 Å². The highest BCUT2D eigenvalue weighted by Crippen LogP contribution is 2.29. The molecular formula is C23H27N5O2S2. The van der Waals surface area contributed by atoms with Crippen molar-refractivity contribution >= 4 is 21.8 Å². The number of benzene rings is 2. The second-order valence-corrected chi connectivity index (χ2v) is 10.4. The first-order valence-electron chi connectivity index (χ1n) is 10.5. The summed E-state index contributed by atoms with van der Waals surface area (Å²) in [7, 11) is -3.59. The molecular weight excluding hydrogens is 442 g/mol. The van der Waals surface area contributed by atoms with Crippen LogP contribution in [0.15, 0.2) is 64.6 Å². The van der Waals surface area contributed by atoms with Crippen molar-refractivity contribution < 1.29 is 8.42 Å². The fourth-order valence-electron chi connectivity index (χ4n) is 3.37. The summed E-state index contributed by atoms with van der Waals surface area (Å²) in [5, 5.41) is 18.3. The predicted molar refractivity (Wildman–Crippen MR) is 127 cm³/mol. The summed E-state index contributed by atoms with van der Waals surface area (Å²) in [6.45, 7) is 6.89. The fourth-order valence-corrected chi connectivity index (χ4v) is 5.64. The van der Waals surface area contributed by atoms with Crippen molar-refractivity contribution in [3.05, 3.63) is 60.2 Å². The summed E-state index contributed by atoms with van der Waals surface area (Å²) in [5.41, 5.74) is 1.85. The van der Waals surface area contributed by atoms with Crippen LogP contribution in [0.3, 0.4) is 0 Å². The molecule has 1 atom stereocenters. The molecule has 0 fully saturated rings. The third-order valence-electron chi connectivity index (χ3n) is 5.08. The molecule has 0 aliphatic carbocycles. The van der Waals surface area contributed by atoms with E-state index in [4.69, 9.17) is 0 Å². The smallest absolute Gasteiger partial charge is 0.243 e. The maximum Gasteiger partial charge on any atom is 0.243 e. The van der Waals surface area contributed by atoms with E-state index in [0.717, 1.165) is 6.42 Å². The van der Waals surface area contributed by atoms with E-state index in [1.54, 1.807) is 18.2 Å². The number of nitrogens with zero attached hydrogens (tertiary/aromatic N) is 5. The first kappa shape index (κ1) is 24.0. The van der Waals surface area contributed by atoms with Gasteiger partial charge in [0.05, 0.1) is 16.2 Å². The highest BCUT2D eigenvalue weighted by Gasteiger charge is 2.23. The molecule has 9 heteroatoms. The minimum absolute atomic E-state index is 0.232. The third kappa shape index (κ3) is 5.38. The van der Waals surface area contributed by atoms with E-state index in [-0.39, 0.29) is 10.1 Å². The van der Waals surface area contributed by atoms with Crippen molar-refractivity contribution in [2.24, 2.45) is 0 Å². The second-order valence-electron chi connectivity index (χ2n) is 7.20. The lowest BCUT2D eigenvalue weighted by Gasteiger charge is -2.19. The Balaban J connectivity index is 2.01. The Hall–Kier alpha value is -2.67. The molecule has 2 aromatic carbocycles. The van der Waals surface area contributed by atoms with E-state index in [2.05, 4.69) is 28.4 Å². The van der Waals surface area contributed by atoms with Gasteiger partial charge in [0.25, 0.3) is 0 Å². The van der Waals surface area contributed by atoms with Crippen LogP contribution in [-0.2, 0) is 23.0 Å². The molecule has 0 N–H and O–H groups in total. The van der Waals surface area contributed by atoms with Gasteiger partial charge >= 0.3 is 0 Å². The number of sulfonamides is 1. The van der Waals surface area contributed by atoms with Gasteiger partial charge in [-0.1, -0.05) is 68.1 Å². The molecule has 0 saturated carbocycles. The van der Waals surface area contributed by atoms with Gasteiger partial charge in [-0.15, -0.1) is 10.2 Å². The predicted octanol–water partition coefficient (Wildman–Crippen LogP) is 4.22. The second kappa shape index (κ2) is 10.8. The lowest BCUT2D eigenvalue weighted by Crippen LogP contribution is -2.30. The molecule has 0 saturated heterocycles. The largest absolute Gasteiger partial charge is 0.302 e. The van der Waals surface area contributed by atoms with Gasteiger partial charge in [-0.3, -0.25) is 0 Å². The van der Waals surface area contributed by atoms with Gasteiger partial charge in [0, 0.05) is 25.2 Å². The molecule has 7 nitrogen and oxygen atoms in total. The number of hydrogen-bond donors (Lipinski definition) is 0. The maximum atomic E-state index is 13.0. The first-order chi connectivity index (χ1) is 15.4. The van der Waals surface area contributed by atoms with Crippen LogP contribution in [0.25, 0.3) is 11.4 Å². The average Bonchev–Trinajstić information content (AvgIpc) is 3.21. The Morgan fingerprint density at radius 1 is 1.09 bits per heavy atom. The molecule has 0 aliphatic heterocycles. The van der Waals surface area contributed by atoms with Crippen LogP contribution in [0.2, 0.25) is 0 Å². The van der Waals surface area contributed by atoms with E-state index in [1.165, 1.54) is 21.6 Å². The number of rotatable bonds is 10. The maximum absolute atomic E-state index is 13.0. The fraction of sp³-hybridized carbons (Fsp3) is 0.348. The average molecular weight is 470 g/mol. The zero-order valence-electron chi connectivity index (χ0n) is 18.5. The molecule has 3 rings (SSSR count). The minimum atomic E-state index is -3.59. The van der Waals surface area contributed by atoms with Gasteiger partial charge in [-0.2, -0.15) is 9.57 Å². The summed E-state index contributed by atoms with van der Waals surface area (Å²) in [6, 6.07) is 19.1. The highest BCUT2D eigenvalue weighted by atomic mass is 32.2. The molecule has 0 aliphatic rings. The van der Waals surface area contributed by atoms with Crippen molar-refractivity contribution in [1.82, 2.24) is 19.1 Å². The van der Waals surface area contributed by atoms with E-state index in [0.29, 0.717) is 36.2 Å². The number of aryl methyl sites for hydroxylation is 1. The molecule has 0 spiro atoms. The molecule has 32 heavy (non-hydrogen) atoms. The van der Waals surface area contributed by atoms with Gasteiger partial charge in [-0.05, 0) is 31.0 Å². The van der Waals surface area contributed by atoms with Crippen molar-refractivity contribution in [2.45, 2.75) is 49.0 Å². The number of nitriles is 1. The summed E-state index contributed by atoms with van der Waals surface area (Å²) >= 11 is 1.34. The monoisotopic (exact) mass is 469 g/mol. The summed E-state index contributed by atoms with van der Waals surface area (Å²) in [5.74, 6) is 0.588. The summed E-state index contributed by atoms with van der Waals surface area (Å²) < 4.78 is 29.4. The number of thioether (sulfide) groups is 1. The van der Waals surface area contributed by atoms with Gasteiger partial charge in [0.15, 0.2) is 11.0 Å². The van der Waals surface area contributed by atoms with Gasteiger partial charge in [-0.25, -0.2) is 8.42 Å². The summed E-state index contributed by atoms with van der Waals surface area (Å²) in [4.78, 5) is 0.232. The minimum Gasteiger partial charge on any atom is -0.302 e. The van der Waals surface area contributed by atoms with Crippen LogP contribution in [0.5, 0.6) is 0 Å². The Morgan fingerprint density at radius 2 is 1.81 bits per heavy atom.